The van der Waals surface area contributed by atoms with Gasteiger partial charge in [-0.25, -0.2) is 0 Å². The van der Waals surface area contributed by atoms with E-state index in [9.17, 15) is 0 Å². The maximum Gasteiger partial charge on any atom is 0.465 e. The van der Waals surface area contributed by atoms with E-state index in [1.165, 1.54) is 0 Å². The molecule has 24 nitrogen and oxygen atoms in total. The maximum atomic E-state index is 7.16. The number of hydrogen-bond acceptors (Lipinski definition) is 24. The van der Waals surface area contributed by atoms with Crippen molar-refractivity contribution in [1.29, 1.82) is 0 Å². The van der Waals surface area contributed by atoms with Crippen LogP contribution in [0.15, 0.2) is 0 Å². The molecule has 0 saturated heterocycles. The van der Waals surface area contributed by atoms with Crippen molar-refractivity contribution in [2.24, 2.45) is 0 Å². The van der Waals surface area contributed by atoms with Crippen LogP contribution in [0.5, 0.6) is 0 Å². The Kier molecular flexibility index (Phi) is 63.6. The van der Waals surface area contributed by atoms with Gasteiger partial charge < -0.3 is 98.8 Å². The topological polar surface area (TPSA) is 222 Å². The molecular weight excluding hydrogens is 2400 g/mol. The zero-order valence-corrected chi connectivity index (χ0v) is 145. The van der Waals surface area contributed by atoms with Crippen LogP contribution in [0.3, 0.4) is 0 Å². The van der Waals surface area contributed by atoms with E-state index in [1.807, 2.05) is 0 Å². The Morgan fingerprint density at radius 2 is 0.186 bits per heavy atom. The molecule has 0 aromatic heterocycles. The van der Waals surface area contributed by atoms with E-state index in [-0.39, 0.29) is 0 Å². The lowest BCUT2D eigenvalue weighted by molar-refractivity contribution is 0.270. The average Bonchev–Trinajstić information content (AvgIpc) is 0.762. The van der Waals surface area contributed by atoms with Crippen molar-refractivity contribution in [3.63, 3.8) is 0 Å². The lowest BCUT2D eigenvalue weighted by Gasteiger charge is -2.42. The average molecular weight is 2650 g/mol. The summed E-state index contributed by atoms with van der Waals surface area (Å²) in [5, 5.41) is 0. The fourth-order valence-electron chi connectivity index (χ4n) is 20.6. The molecule has 0 aromatic rings. The fraction of sp³-hybridized carbons (Fsp3) is 1.00. The second-order valence-corrected chi connectivity index (χ2v) is 194. The van der Waals surface area contributed by atoms with Gasteiger partial charge >= 0.3 is 94.7 Å². The molecule has 0 heterocycles. The van der Waals surface area contributed by atoms with Crippen LogP contribution in [-0.4, -0.2) is 299 Å². The Morgan fingerprint density at radius 3 is 0.290 bits per heavy atom. The van der Waals surface area contributed by atoms with Crippen LogP contribution in [-0.2, 0) is 98.8 Å². The molecule has 0 atom stereocenters. The Hall–Kier alpha value is 6.63. The van der Waals surface area contributed by atoms with Crippen molar-refractivity contribution in [1.82, 2.24) is 0 Å². The molecule has 0 N–H and O–H groups in total. The molecule has 145 heavy (non-hydrogen) atoms. The Labute approximate surface area is 942 Å². The van der Waals surface area contributed by atoms with E-state index in [2.05, 4.69) is 458 Å². The van der Waals surface area contributed by atoms with Gasteiger partial charge in [-0.05, 0) is 542 Å². The van der Waals surface area contributed by atoms with E-state index >= 15 is 0 Å². The molecule has 0 fully saturated rings. The third kappa shape index (κ3) is 82.7. The van der Waals surface area contributed by atoms with Crippen LogP contribution in [0.1, 0.15) is 0 Å². The minimum atomic E-state index is -2.65. The summed E-state index contributed by atoms with van der Waals surface area (Å²) in [6.45, 7) is 160. The molecule has 0 spiro atoms. The van der Waals surface area contributed by atoms with Crippen LogP contribution < -0.4 is 0 Å². The molecule has 0 bridgehead atoms. The SMILES string of the molecule is C[SiH](C)O[Si](C)(C)O[Si](C)(C)C.C[SiH](C)O[Si](C)(C)O[Si](C)(C)CC[Si](C)(C)O[Si](C)(C)O[Si](C)(C)CC[Si](C)(C)O[Si](C)(C)O[Si](C)(C)CC[Si](C)(C)O[Si](C)(C)O[Si](C)(C)CC[Si](C)(C)O[Si](C)(C)O[Si](C)(C)C.C[SiH](C)O[Si](C)(O[SiH](C)C)O[Si](C)(C)CC[Si](C)(C)O[Si](C)(C)O[Si](C)(C)CC[Si](C)(C)O[Si](C)(C)O[Si](C)(C)CC[Si](C)(C)O[Si](C)(C)O[Si](C)(C)CC[Si](C)(C)O[Si](C)(O[SiH](C)C)O[SiH](C)C. The predicted octanol–water partition coefficient (Wildman–Crippen LogP) is 31.7. The molecule has 59 heteroatoms. The van der Waals surface area contributed by atoms with Gasteiger partial charge in [-0.1, -0.05) is 0 Å². The van der Waals surface area contributed by atoms with Crippen LogP contribution >= 0.6 is 0 Å². The summed E-state index contributed by atoms with van der Waals surface area (Å²) in [6.07, 6.45) is 0. The van der Waals surface area contributed by atoms with E-state index < -0.39 is 299 Å². The zero-order valence-electron chi connectivity index (χ0n) is 109. The van der Waals surface area contributed by atoms with E-state index in [1.54, 1.807) is 0 Å². The summed E-state index contributed by atoms with van der Waals surface area (Å²) in [7, 11) is -68.3. The Bertz CT molecular complexity index is 3580. The second kappa shape index (κ2) is 59.2. The fourth-order valence-corrected chi connectivity index (χ4v) is 192. The standard InChI is InChI=1S/C40H116O12Si17.C39H110O10Si15.C7H22O2Si3/c1-53(2)41-68(31,42-54(3)4)51-63(21,22)39-37-61(17,18)49-66(27,28)47-59(13,14)35-33-57(9,10)45-65(25,26)46-58(11,12)34-36-60(15,16)48-67(29,30)50-62(19,20)38-40-64(23,24)52-69(32,43-55(5)6)44-56(7)8;1-50(2)40-60(22,23)42-52(6,7)32-33-54(10,11)44-62(26,27)46-56(14,15)36-37-58(18,19)48-64(30,31)49-59(20,21)39-38-57(16,17)47-63(28,29)45-55(12,13)35-34-53(8,9)43-61(24,25)41-51(3,4)5;1-10(2)8-12(6,7)9-11(3,4)5/h53-56H,33-40H2,1-32H3;50H,32-39H2,1-31H3;10H,1-7H3. The quantitative estimate of drug-likeness (QED) is 0.0516. The van der Waals surface area contributed by atoms with Gasteiger partial charge in [0.25, 0.3) is 0 Å². The van der Waals surface area contributed by atoms with Gasteiger partial charge in [0.05, 0.1) is 0 Å². The van der Waals surface area contributed by atoms with Gasteiger partial charge in [0, 0.05) is 13.1 Å². The largest absolute Gasteiger partial charge is 0.465 e. The van der Waals surface area contributed by atoms with E-state index in [4.69, 9.17) is 98.8 Å². The summed E-state index contributed by atoms with van der Waals surface area (Å²) in [5.74, 6) is 0. The highest BCUT2D eigenvalue weighted by atomic mass is 28.5. The summed E-state index contributed by atoms with van der Waals surface area (Å²) >= 11 is 0. The molecule has 0 saturated carbocycles. The van der Waals surface area contributed by atoms with Crippen molar-refractivity contribution in [3.05, 3.63) is 0 Å². The first kappa shape index (κ1) is 156. The molecule has 0 aliphatic heterocycles. The molecule has 0 aliphatic rings. The molecule has 0 rings (SSSR count). The van der Waals surface area contributed by atoms with Crippen molar-refractivity contribution in [2.45, 2.75) is 555 Å². The van der Waals surface area contributed by atoms with Crippen molar-refractivity contribution < 1.29 is 98.8 Å². The maximum absolute atomic E-state index is 7.16. The first-order chi connectivity index (χ1) is 62.9. The predicted molar refractivity (Wildman–Crippen MR) is 723 cm³/mol. The highest BCUT2D eigenvalue weighted by molar-refractivity contribution is 6.98. The third-order valence-corrected chi connectivity index (χ3v) is 147. The van der Waals surface area contributed by atoms with E-state index in [0.717, 1.165) is 96.7 Å². The highest BCUT2D eigenvalue weighted by Crippen LogP contribution is 2.41. The van der Waals surface area contributed by atoms with Crippen molar-refractivity contribution in [3.8, 4) is 0 Å². The van der Waals surface area contributed by atoms with Gasteiger partial charge in [0.1, 0.15) is 0 Å². The molecule has 876 valence electrons. The lowest BCUT2D eigenvalue weighted by Crippen LogP contribution is -2.56. The molecule has 0 aromatic carbocycles. The molecular formula is C86H248O24Si35. The van der Waals surface area contributed by atoms with E-state index in [0.29, 0.717) is 0 Å². The van der Waals surface area contributed by atoms with Gasteiger partial charge in [-0.2, -0.15) is 0 Å². The van der Waals surface area contributed by atoms with Crippen LogP contribution in [0, 0.1) is 0 Å². The Morgan fingerprint density at radius 1 is 0.103 bits per heavy atom. The van der Waals surface area contributed by atoms with Crippen LogP contribution in [0.25, 0.3) is 0 Å². The lowest BCUT2D eigenvalue weighted by atomic mass is 10.9. The summed E-state index contributed by atoms with van der Waals surface area (Å²) in [5.41, 5.74) is 0. The Balaban J connectivity index is -0.00000249. The van der Waals surface area contributed by atoms with Gasteiger partial charge in [-0.15, -0.1) is 0 Å². The molecule has 0 radical (unpaired) electrons. The molecule has 0 amide bonds. The number of rotatable bonds is 72. The molecule has 0 unspecified atom stereocenters. The van der Waals surface area contributed by atoms with Gasteiger partial charge in [0.15, 0.2) is 204 Å². The van der Waals surface area contributed by atoms with Gasteiger partial charge in [-0.3, -0.25) is 0 Å². The van der Waals surface area contributed by atoms with Gasteiger partial charge in [0.2, 0.25) is 0 Å². The highest BCUT2D eigenvalue weighted by Gasteiger charge is 2.54. The summed E-state index contributed by atoms with van der Waals surface area (Å²) in [4.78, 5) is 0. The van der Waals surface area contributed by atoms with Crippen LogP contribution in [0.2, 0.25) is 555 Å². The summed E-state index contributed by atoms with van der Waals surface area (Å²) < 4.78 is 164. The normalized spacial score (nSPS) is 15.5. The minimum absolute atomic E-state index is 0.926. The minimum Gasteiger partial charge on any atom is -0.440 e. The monoisotopic (exact) mass is 2650 g/mol. The zero-order chi connectivity index (χ0) is 116. The first-order valence-corrected chi connectivity index (χ1v) is 159. The molecule has 0 aliphatic carbocycles. The number of hydrogen-bond donors (Lipinski definition) is 0. The second-order valence-electron chi connectivity index (χ2n) is 59.5. The van der Waals surface area contributed by atoms with Crippen molar-refractivity contribution in [2.75, 3.05) is 0 Å². The summed E-state index contributed by atoms with van der Waals surface area (Å²) in [6, 6.07) is 17.1. The smallest absolute Gasteiger partial charge is 0.440 e. The van der Waals surface area contributed by atoms with Crippen molar-refractivity contribution >= 4 is 299 Å². The third-order valence-electron chi connectivity index (χ3n) is 22.8. The first-order valence-electron chi connectivity index (χ1n) is 55.6. The van der Waals surface area contributed by atoms with Crippen LogP contribution in [0.4, 0.5) is 0 Å².